The van der Waals surface area contributed by atoms with Crippen molar-refractivity contribution in [2.45, 2.75) is 45.1 Å². The molecule has 0 unspecified atom stereocenters. The minimum absolute atomic E-state index is 0.157. The summed E-state index contributed by atoms with van der Waals surface area (Å²) in [6.07, 6.45) is 6.13. The van der Waals surface area contributed by atoms with Gasteiger partial charge in [0.1, 0.15) is 6.54 Å². The minimum atomic E-state index is -0.912. The predicted octanol–water partition coefficient (Wildman–Crippen LogP) is 2.20. The topological polar surface area (TPSA) is 103 Å². The van der Waals surface area contributed by atoms with Gasteiger partial charge >= 0.3 is 17.8 Å². The Kier molecular flexibility index (Phi) is 5.57. The molecule has 30 heavy (non-hydrogen) atoms. The molecule has 2 heterocycles. The molecule has 2 aromatic rings. The number of aromatic nitrogens is 1. The number of nitrogens with one attached hydrogen (secondary N) is 2. The second-order valence-electron chi connectivity index (χ2n) is 8.14. The van der Waals surface area contributed by atoms with Crippen molar-refractivity contribution < 1.29 is 19.2 Å². The molecule has 2 aliphatic rings. The molecule has 1 aliphatic carbocycles. The summed E-state index contributed by atoms with van der Waals surface area (Å²) in [5, 5.41) is 3.84. The lowest BCUT2D eigenvalue weighted by Crippen LogP contribution is -2.47. The molecular weight excluding hydrogens is 384 g/mol. The van der Waals surface area contributed by atoms with E-state index in [1.165, 1.54) is 0 Å². The van der Waals surface area contributed by atoms with Gasteiger partial charge in [0.15, 0.2) is 0 Å². The molecule has 0 bridgehead atoms. The fraction of sp³-hybridized carbons (Fsp3) is 0.455. The Bertz CT molecular complexity index is 998. The lowest BCUT2D eigenvalue weighted by atomic mass is 9.85. The molecule has 1 saturated heterocycles. The van der Waals surface area contributed by atoms with E-state index in [0.717, 1.165) is 45.5 Å². The molecule has 2 fully saturated rings. The first kappa shape index (κ1) is 20.1. The monoisotopic (exact) mass is 410 g/mol. The first-order valence-corrected chi connectivity index (χ1v) is 10.5. The Morgan fingerprint density at radius 2 is 1.90 bits per heavy atom. The lowest BCUT2D eigenvalue weighted by molar-refractivity contribution is -0.145. The molecule has 5 amide bonds. The molecule has 4 rings (SSSR count). The smallest absolute Gasteiger partial charge is 0.334 e. The van der Waals surface area contributed by atoms with Gasteiger partial charge in [-0.1, -0.05) is 38.0 Å². The fourth-order valence-electron chi connectivity index (χ4n) is 4.51. The number of amides is 5. The second kappa shape index (κ2) is 8.30. The number of carbonyl (C=O) groups is 4. The minimum Gasteiger partial charge on any atom is -0.361 e. The molecule has 0 spiro atoms. The van der Waals surface area contributed by atoms with E-state index in [1.807, 2.05) is 37.4 Å². The normalized spacial score (nSPS) is 22.2. The SMILES string of the molecule is C[C@H]1CCCC[C@H]1N1C(=O)C(=O)N(CC(=O)NCCc2c[nH]c3ccccc23)C1=O. The number of para-hydroxylation sites is 1. The van der Waals surface area contributed by atoms with Crippen LogP contribution in [0.15, 0.2) is 30.5 Å². The Hall–Kier alpha value is -3.16. The van der Waals surface area contributed by atoms with E-state index in [0.29, 0.717) is 19.4 Å². The van der Waals surface area contributed by atoms with Crippen molar-refractivity contribution in [2.75, 3.05) is 13.1 Å². The number of hydrogen-bond donors (Lipinski definition) is 2. The highest BCUT2D eigenvalue weighted by molar-refractivity contribution is 6.45. The third-order valence-electron chi connectivity index (χ3n) is 6.17. The highest BCUT2D eigenvalue weighted by Crippen LogP contribution is 2.31. The molecule has 8 heteroatoms. The lowest BCUT2D eigenvalue weighted by Gasteiger charge is -2.34. The Labute approximate surface area is 174 Å². The summed E-state index contributed by atoms with van der Waals surface area (Å²) in [6, 6.07) is 6.97. The van der Waals surface area contributed by atoms with Crippen LogP contribution in [0.4, 0.5) is 4.79 Å². The maximum absolute atomic E-state index is 12.7. The van der Waals surface area contributed by atoms with Gasteiger partial charge in [-0.3, -0.25) is 19.3 Å². The summed E-state index contributed by atoms with van der Waals surface area (Å²) in [5.41, 5.74) is 2.11. The molecule has 8 nitrogen and oxygen atoms in total. The summed E-state index contributed by atoms with van der Waals surface area (Å²) < 4.78 is 0. The van der Waals surface area contributed by atoms with Gasteiger partial charge in [-0.2, -0.15) is 0 Å². The van der Waals surface area contributed by atoms with Gasteiger partial charge in [0.25, 0.3) is 0 Å². The van der Waals surface area contributed by atoms with Crippen molar-refractivity contribution in [3.63, 3.8) is 0 Å². The fourth-order valence-corrected chi connectivity index (χ4v) is 4.51. The summed E-state index contributed by atoms with van der Waals surface area (Å²) in [6.45, 7) is 1.93. The van der Waals surface area contributed by atoms with Crippen LogP contribution in [0.1, 0.15) is 38.2 Å². The van der Waals surface area contributed by atoms with Crippen molar-refractivity contribution >= 4 is 34.7 Å². The average Bonchev–Trinajstić information content (AvgIpc) is 3.24. The van der Waals surface area contributed by atoms with Gasteiger partial charge in [-0.15, -0.1) is 0 Å². The number of imide groups is 2. The van der Waals surface area contributed by atoms with Gasteiger partial charge in [-0.05, 0) is 36.8 Å². The zero-order valence-electron chi connectivity index (χ0n) is 17.0. The van der Waals surface area contributed by atoms with E-state index in [4.69, 9.17) is 0 Å². The third-order valence-corrected chi connectivity index (χ3v) is 6.17. The quantitative estimate of drug-likeness (QED) is 0.563. The van der Waals surface area contributed by atoms with E-state index in [1.54, 1.807) is 0 Å². The number of fused-ring (bicyclic) bond motifs is 1. The van der Waals surface area contributed by atoms with E-state index in [-0.39, 0.29) is 12.0 Å². The highest BCUT2D eigenvalue weighted by atomic mass is 16.2. The zero-order valence-corrected chi connectivity index (χ0v) is 17.0. The van der Waals surface area contributed by atoms with Crippen LogP contribution in [0.5, 0.6) is 0 Å². The van der Waals surface area contributed by atoms with Crippen LogP contribution in [0.25, 0.3) is 10.9 Å². The number of hydrogen-bond acceptors (Lipinski definition) is 4. The van der Waals surface area contributed by atoms with Crippen molar-refractivity contribution in [1.82, 2.24) is 20.1 Å². The van der Waals surface area contributed by atoms with Gasteiger partial charge in [-0.25, -0.2) is 9.69 Å². The van der Waals surface area contributed by atoms with Crippen LogP contribution in [0.3, 0.4) is 0 Å². The van der Waals surface area contributed by atoms with E-state index in [9.17, 15) is 19.2 Å². The molecule has 1 saturated carbocycles. The summed E-state index contributed by atoms with van der Waals surface area (Å²) >= 11 is 0. The molecule has 1 aromatic heterocycles. The van der Waals surface area contributed by atoms with Crippen LogP contribution in [0.2, 0.25) is 0 Å². The summed E-state index contributed by atoms with van der Waals surface area (Å²) in [7, 11) is 0. The molecule has 0 radical (unpaired) electrons. The van der Waals surface area contributed by atoms with E-state index >= 15 is 0 Å². The Balaban J connectivity index is 1.34. The van der Waals surface area contributed by atoms with Crippen molar-refractivity contribution in [1.29, 1.82) is 0 Å². The molecule has 158 valence electrons. The maximum Gasteiger partial charge on any atom is 0.334 e. The van der Waals surface area contributed by atoms with E-state index < -0.39 is 30.3 Å². The number of urea groups is 1. The van der Waals surface area contributed by atoms with Crippen LogP contribution in [-0.4, -0.2) is 57.7 Å². The first-order valence-electron chi connectivity index (χ1n) is 10.5. The third kappa shape index (κ3) is 3.69. The zero-order chi connectivity index (χ0) is 21.3. The average molecular weight is 410 g/mol. The first-order chi connectivity index (χ1) is 14.5. The van der Waals surface area contributed by atoms with Gasteiger partial charge in [0.05, 0.1) is 0 Å². The number of benzene rings is 1. The van der Waals surface area contributed by atoms with Crippen molar-refractivity contribution in [3.05, 3.63) is 36.0 Å². The van der Waals surface area contributed by atoms with Crippen molar-refractivity contribution in [3.8, 4) is 0 Å². The van der Waals surface area contributed by atoms with Gasteiger partial charge in [0.2, 0.25) is 5.91 Å². The summed E-state index contributed by atoms with van der Waals surface area (Å²) in [4.78, 5) is 54.9. The second-order valence-corrected chi connectivity index (χ2v) is 8.14. The van der Waals surface area contributed by atoms with E-state index in [2.05, 4.69) is 10.3 Å². The molecule has 1 aromatic carbocycles. The molecular formula is C22H26N4O4. The van der Waals surface area contributed by atoms with Crippen LogP contribution >= 0.6 is 0 Å². The van der Waals surface area contributed by atoms with Crippen molar-refractivity contribution in [2.24, 2.45) is 5.92 Å². The maximum atomic E-state index is 12.7. The highest BCUT2D eigenvalue weighted by Gasteiger charge is 2.49. The molecule has 1 aliphatic heterocycles. The Morgan fingerprint density at radius 1 is 1.13 bits per heavy atom. The van der Waals surface area contributed by atoms with Crippen LogP contribution in [0, 0.1) is 5.92 Å². The largest absolute Gasteiger partial charge is 0.361 e. The number of carbonyl (C=O) groups excluding carboxylic acids is 4. The van der Waals surface area contributed by atoms with Crippen LogP contribution < -0.4 is 5.32 Å². The molecule has 2 N–H and O–H groups in total. The van der Waals surface area contributed by atoms with Gasteiger partial charge < -0.3 is 10.3 Å². The van der Waals surface area contributed by atoms with Crippen LogP contribution in [-0.2, 0) is 20.8 Å². The Morgan fingerprint density at radius 3 is 2.70 bits per heavy atom. The number of rotatable bonds is 6. The number of aromatic amines is 1. The van der Waals surface area contributed by atoms with Gasteiger partial charge in [0, 0.05) is 29.7 Å². The summed E-state index contributed by atoms with van der Waals surface area (Å²) in [5.74, 6) is -2.03. The standard InChI is InChI=1S/C22H26N4O4/c1-14-6-2-5-9-18(14)26-21(29)20(28)25(22(26)30)13-19(27)23-11-10-15-12-24-17-8-4-3-7-16(15)17/h3-4,7-8,12,14,18,24H,2,5-6,9-11,13H2,1H3,(H,23,27)/t14-,18+/m0/s1. The number of H-pyrrole nitrogens is 1. The molecule has 2 atom stereocenters. The number of nitrogens with zero attached hydrogens (tertiary/aromatic N) is 2. The predicted molar refractivity (Wildman–Crippen MR) is 110 cm³/mol.